The van der Waals surface area contributed by atoms with Gasteiger partial charge >= 0.3 is 6.18 Å². The second kappa shape index (κ2) is 11.2. The highest BCUT2D eigenvalue weighted by atomic mass is 19.4. The molecule has 43 heavy (non-hydrogen) atoms. The molecule has 2 aliphatic heterocycles. The lowest BCUT2D eigenvalue weighted by molar-refractivity contribution is -0.198. The number of ether oxygens (including phenoxy) is 1. The summed E-state index contributed by atoms with van der Waals surface area (Å²) in [7, 11) is 0. The van der Waals surface area contributed by atoms with Crippen LogP contribution in [0.4, 0.5) is 24.9 Å². The number of halogens is 3. The van der Waals surface area contributed by atoms with Crippen molar-refractivity contribution in [3.63, 3.8) is 0 Å². The van der Waals surface area contributed by atoms with Gasteiger partial charge in [-0.3, -0.25) is 0 Å². The monoisotopic (exact) mass is 591 g/mol. The average Bonchev–Trinajstić information content (AvgIpc) is 3.61. The van der Waals surface area contributed by atoms with Gasteiger partial charge in [-0.05, 0) is 86.4 Å². The van der Waals surface area contributed by atoms with Gasteiger partial charge in [0.2, 0.25) is 17.9 Å². The summed E-state index contributed by atoms with van der Waals surface area (Å²) >= 11 is 0. The van der Waals surface area contributed by atoms with Crippen LogP contribution in [0.15, 0.2) is 54.7 Å². The summed E-state index contributed by atoms with van der Waals surface area (Å²) in [6, 6.07) is 14.1. The lowest BCUT2D eigenvalue weighted by Gasteiger charge is -2.39. The maximum atomic E-state index is 14.8. The maximum absolute atomic E-state index is 14.8. The van der Waals surface area contributed by atoms with Crippen LogP contribution in [0.25, 0.3) is 16.8 Å². The van der Waals surface area contributed by atoms with Crippen molar-refractivity contribution in [1.29, 1.82) is 0 Å². The summed E-state index contributed by atoms with van der Waals surface area (Å²) in [5, 5.41) is 7.88. The molecule has 0 bridgehead atoms. The minimum absolute atomic E-state index is 0.0874. The second-order valence-corrected chi connectivity index (χ2v) is 11.9. The van der Waals surface area contributed by atoms with Gasteiger partial charge in [0.15, 0.2) is 0 Å². The van der Waals surface area contributed by atoms with E-state index >= 15 is 0 Å². The Labute approximate surface area is 249 Å². The number of nitrogens with one attached hydrogen (secondary N) is 1. The third kappa shape index (κ3) is 6.04. The second-order valence-electron chi connectivity index (χ2n) is 11.9. The molecule has 0 saturated carbocycles. The number of hydrogen-bond donors (Lipinski definition) is 2. The van der Waals surface area contributed by atoms with E-state index in [4.69, 9.17) is 10.5 Å². The van der Waals surface area contributed by atoms with Crippen molar-refractivity contribution in [3.05, 3.63) is 77.1 Å². The first-order valence-corrected chi connectivity index (χ1v) is 14.6. The third-order valence-electron chi connectivity index (χ3n) is 8.84. The quantitative estimate of drug-likeness (QED) is 0.280. The molecule has 0 radical (unpaired) electrons. The molecule has 2 saturated heterocycles. The summed E-state index contributed by atoms with van der Waals surface area (Å²) in [5.41, 5.74) is 11.0. The zero-order valence-electron chi connectivity index (χ0n) is 24.6. The molecule has 4 heterocycles. The van der Waals surface area contributed by atoms with E-state index < -0.39 is 12.3 Å². The molecule has 6 rings (SSSR count). The van der Waals surface area contributed by atoms with E-state index in [1.54, 1.807) is 31.3 Å². The molecule has 0 unspecified atom stereocenters. The fourth-order valence-corrected chi connectivity index (χ4v) is 6.13. The van der Waals surface area contributed by atoms with Crippen molar-refractivity contribution in [1.82, 2.24) is 25.1 Å². The molecule has 2 aliphatic rings. The number of hydrogen-bond acceptors (Lipinski definition) is 7. The number of piperidine rings is 1. The van der Waals surface area contributed by atoms with Crippen LogP contribution in [-0.2, 0) is 0 Å². The molecule has 11 heteroatoms. The van der Waals surface area contributed by atoms with Gasteiger partial charge in [0.05, 0.1) is 11.4 Å². The summed E-state index contributed by atoms with van der Waals surface area (Å²) in [6.07, 6.45) is -2.34. The summed E-state index contributed by atoms with van der Waals surface area (Å²) < 4.78 is 51.5. The minimum Gasteiger partial charge on any atom is -0.459 e. The molecule has 8 nitrogen and oxygen atoms in total. The molecular weight excluding hydrogens is 555 g/mol. The molecule has 226 valence electrons. The van der Waals surface area contributed by atoms with Crippen molar-refractivity contribution in [2.45, 2.75) is 52.3 Å². The summed E-state index contributed by atoms with van der Waals surface area (Å²) in [4.78, 5) is 10.4. The van der Waals surface area contributed by atoms with E-state index in [0.29, 0.717) is 11.5 Å². The first-order chi connectivity index (χ1) is 20.5. The highest BCUT2D eigenvalue weighted by Crippen LogP contribution is 2.42. The molecule has 0 aliphatic carbocycles. The van der Waals surface area contributed by atoms with E-state index in [2.05, 4.69) is 20.4 Å². The number of benzene rings is 2. The van der Waals surface area contributed by atoms with Crippen LogP contribution in [0.5, 0.6) is 5.88 Å². The maximum Gasteiger partial charge on any atom is 0.429 e. The van der Waals surface area contributed by atoms with Crippen molar-refractivity contribution in [2.24, 2.45) is 5.41 Å². The molecular formula is C32H36F3N7O. The smallest absolute Gasteiger partial charge is 0.429 e. The van der Waals surface area contributed by atoms with Crippen LogP contribution in [-0.4, -0.2) is 52.1 Å². The molecule has 1 spiro atoms. The number of aromatic nitrogens is 4. The third-order valence-corrected chi connectivity index (χ3v) is 8.84. The van der Waals surface area contributed by atoms with E-state index in [0.717, 1.165) is 67.7 Å². The van der Waals surface area contributed by atoms with E-state index in [1.807, 2.05) is 36.9 Å². The Kier molecular flexibility index (Phi) is 7.53. The summed E-state index contributed by atoms with van der Waals surface area (Å²) in [6.45, 7) is 9.31. The molecule has 2 aromatic heterocycles. The van der Waals surface area contributed by atoms with Crippen LogP contribution < -0.4 is 20.7 Å². The zero-order valence-corrected chi connectivity index (χ0v) is 24.6. The lowest BCUT2D eigenvalue weighted by atomic mass is 9.78. The fraction of sp³-hybridized carbons (Fsp3) is 0.406. The van der Waals surface area contributed by atoms with Crippen LogP contribution in [0.2, 0.25) is 0 Å². The van der Waals surface area contributed by atoms with Crippen LogP contribution in [0.3, 0.4) is 0 Å². The standard InChI is InChI=1S/C32H36F3N7O/c1-20-4-5-23(16-21(20)2)24-6-7-25(26(17-24)42-13-8-22(3)40-42)29(32(33,34)35)43-28-18-27(38-30(36)39-28)41-14-10-31(11-15-41)9-12-37-19-31/h4-8,13,16-18,29,37H,9-12,14-15,19H2,1-3H3,(H2,36,38,39)/t29-/m1/s1. The predicted molar refractivity (Wildman–Crippen MR) is 160 cm³/mol. The number of aryl methyl sites for hydroxylation is 3. The average molecular weight is 592 g/mol. The van der Waals surface area contributed by atoms with Gasteiger partial charge in [-0.2, -0.15) is 28.2 Å². The molecule has 4 aromatic rings. The Bertz CT molecular complexity index is 1620. The Morgan fingerprint density at radius 3 is 2.33 bits per heavy atom. The van der Waals surface area contributed by atoms with Gasteiger partial charge in [-0.25, -0.2) is 4.68 Å². The topological polar surface area (TPSA) is 94.1 Å². The Hall–Kier alpha value is -4.12. The SMILES string of the molecule is Cc1ccn(-c2cc(-c3ccc(C)c(C)c3)ccc2[C@@H](Oc2cc(N3CCC4(CCNC4)CC3)nc(N)n2)C(F)(F)F)n1. The summed E-state index contributed by atoms with van der Waals surface area (Å²) in [5.74, 6) is 0.106. The van der Waals surface area contributed by atoms with Crippen LogP contribution >= 0.6 is 0 Å². The van der Waals surface area contributed by atoms with Gasteiger partial charge < -0.3 is 20.7 Å². The Morgan fingerprint density at radius 1 is 0.930 bits per heavy atom. The van der Waals surface area contributed by atoms with Crippen molar-refractivity contribution >= 4 is 11.8 Å². The van der Waals surface area contributed by atoms with Crippen molar-refractivity contribution in [3.8, 4) is 22.7 Å². The van der Waals surface area contributed by atoms with Crippen molar-refractivity contribution in [2.75, 3.05) is 36.8 Å². The van der Waals surface area contributed by atoms with E-state index in [9.17, 15) is 13.2 Å². The number of nitrogens with two attached hydrogens (primary N) is 1. The van der Waals surface area contributed by atoms with Gasteiger partial charge in [-0.1, -0.05) is 30.3 Å². The Morgan fingerprint density at radius 2 is 1.67 bits per heavy atom. The molecule has 2 aromatic carbocycles. The molecule has 2 fully saturated rings. The largest absolute Gasteiger partial charge is 0.459 e. The van der Waals surface area contributed by atoms with Gasteiger partial charge in [-0.15, -0.1) is 0 Å². The number of rotatable bonds is 6. The van der Waals surface area contributed by atoms with E-state index in [-0.39, 0.29) is 28.5 Å². The molecule has 1 atom stereocenters. The van der Waals surface area contributed by atoms with Gasteiger partial charge in [0.25, 0.3) is 0 Å². The highest BCUT2D eigenvalue weighted by molar-refractivity contribution is 5.69. The van der Waals surface area contributed by atoms with Gasteiger partial charge in [0.1, 0.15) is 5.82 Å². The minimum atomic E-state index is -4.76. The Balaban J connectivity index is 1.35. The first-order valence-electron chi connectivity index (χ1n) is 14.6. The number of alkyl halides is 3. The lowest BCUT2D eigenvalue weighted by Crippen LogP contribution is -2.41. The van der Waals surface area contributed by atoms with Crippen LogP contribution in [0, 0.1) is 26.2 Å². The number of nitrogens with zero attached hydrogens (tertiary/aromatic N) is 5. The predicted octanol–water partition coefficient (Wildman–Crippen LogP) is 6.10. The normalized spacial score (nSPS) is 17.4. The number of anilines is 2. The van der Waals surface area contributed by atoms with E-state index in [1.165, 1.54) is 16.8 Å². The highest BCUT2D eigenvalue weighted by Gasteiger charge is 2.45. The zero-order chi connectivity index (χ0) is 30.4. The molecule has 3 N–H and O–H groups in total. The fourth-order valence-electron chi connectivity index (χ4n) is 6.13. The van der Waals surface area contributed by atoms with Gasteiger partial charge in [0, 0.05) is 37.5 Å². The van der Waals surface area contributed by atoms with Crippen LogP contribution in [0.1, 0.15) is 47.8 Å². The number of nitrogen functional groups attached to an aromatic ring is 1. The first kappa shape index (κ1) is 29.0. The van der Waals surface area contributed by atoms with Crippen molar-refractivity contribution < 1.29 is 17.9 Å². The molecule has 0 amide bonds.